The van der Waals surface area contributed by atoms with Gasteiger partial charge in [-0.05, 0) is 30.9 Å². The summed E-state index contributed by atoms with van der Waals surface area (Å²) < 4.78 is 0. The van der Waals surface area contributed by atoms with Crippen molar-refractivity contribution < 1.29 is 4.79 Å². The monoisotopic (exact) mass is 246 g/mol. The number of amides is 1. The Morgan fingerprint density at radius 3 is 2.39 bits per heavy atom. The van der Waals surface area contributed by atoms with Crippen molar-refractivity contribution in [3.8, 4) is 0 Å². The van der Waals surface area contributed by atoms with Crippen LogP contribution in [0.5, 0.6) is 0 Å². The molecule has 1 aromatic carbocycles. The third kappa shape index (κ3) is 1.88. The van der Waals surface area contributed by atoms with Crippen LogP contribution in [-0.4, -0.2) is 18.5 Å². The standard InChI is InChI=1S/C15H22N2O/c1-14(2,3)10-8-7-9-11-12(10)16-15(4,5)13(18)17(11)6/h7-9,16H,1-6H3. The van der Waals surface area contributed by atoms with Crippen molar-refractivity contribution in [3.05, 3.63) is 23.8 Å². The van der Waals surface area contributed by atoms with Gasteiger partial charge in [0, 0.05) is 7.05 Å². The molecule has 1 N–H and O–H groups in total. The first-order chi connectivity index (χ1) is 8.14. The van der Waals surface area contributed by atoms with Crippen LogP contribution >= 0.6 is 0 Å². The smallest absolute Gasteiger partial charge is 0.251 e. The van der Waals surface area contributed by atoms with Crippen molar-refractivity contribution >= 4 is 17.3 Å². The highest BCUT2D eigenvalue weighted by Crippen LogP contribution is 2.41. The summed E-state index contributed by atoms with van der Waals surface area (Å²) >= 11 is 0. The van der Waals surface area contributed by atoms with Gasteiger partial charge in [0.2, 0.25) is 0 Å². The summed E-state index contributed by atoms with van der Waals surface area (Å²) in [6.45, 7) is 10.4. The van der Waals surface area contributed by atoms with Gasteiger partial charge in [0.25, 0.3) is 5.91 Å². The molecule has 98 valence electrons. The highest BCUT2D eigenvalue weighted by atomic mass is 16.2. The molecule has 18 heavy (non-hydrogen) atoms. The van der Waals surface area contributed by atoms with Gasteiger partial charge in [0.1, 0.15) is 5.54 Å². The molecule has 1 amide bonds. The fourth-order valence-electron chi connectivity index (χ4n) is 2.47. The Morgan fingerprint density at radius 2 is 1.83 bits per heavy atom. The molecule has 3 nitrogen and oxygen atoms in total. The number of para-hydroxylation sites is 1. The summed E-state index contributed by atoms with van der Waals surface area (Å²) in [6, 6.07) is 6.14. The number of likely N-dealkylation sites (N-methyl/N-ethyl adjacent to an activating group) is 1. The molecule has 1 aliphatic rings. The summed E-state index contributed by atoms with van der Waals surface area (Å²) in [5.41, 5.74) is 2.79. The number of benzene rings is 1. The molecule has 0 fully saturated rings. The number of carbonyl (C=O) groups excluding carboxylic acids is 1. The quantitative estimate of drug-likeness (QED) is 0.762. The van der Waals surface area contributed by atoms with Crippen molar-refractivity contribution in [1.82, 2.24) is 0 Å². The first kappa shape index (κ1) is 12.9. The Kier molecular flexibility index (Phi) is 2.69. The molecule has 0 saturated carbocycles. The lowest BCUT2D eigenvalue weighted by atomic mass is 9.83. The highest BCUT2D eigenvalue weighted by Gasteiger charge is 2.38. The van der Waals surface area contributed by atoms with E-state index < -0.39 is 5.54 Å². The second kappa shape index (κ2) is 3.74. The van der Waals surface area contributed by atoms with Gasteiger partial charge in [0.05, 0.1) is 11.4 Å². The second-order valence-corrected chi connectivity index (χ2v) is 6.56. The Labute approximate surface area is 109 Å². The zero-order valence-electron chi connectivity index (χ0n) is 12.1. The first-order valence-electron chi connectivity index (χ1n) is 6.34. The molecule has 1 aromatic rings. The van der Waals surface area contributed by atoms with Crippen LogP contribution < -0.4 is 10.2 Å². The molecule has 0 radical (unpaired) electrons. The summed E-state index contributed by atoms with van der Waals surface area (Å²) in [4.78, 5) is 14.0. The van der Waals surface area contributed by atoms with E-state index in [4.69, 9.17) is 0 Å². The number of rotatable bonds is 0. The number of anilines is 2. The van der Waals surface area contributed by atoms with E-state index in [9.17, 15) is 4.79 Å². The molecule has 1 heterocycles. The normalized spacial score (nSPS) is 18.3. The fourth-order valence-corrected chi connectivity index (χ4v) is 2.47. The number of fused-ring (bicyclic) bond motifs is 1. The van der Waals surface area contributed by atoms with Crippen molar-refractivity contribution in [2.45, 2.75) is 45.6 Å². The Morgan fingerprint density at radius 1 is 1.22 bits per heavy atom. The van der Waals surface area contributed by atoms with E-state index in [2.05, 4.69) is 32.2 Å². The van der Waals surface area contributed by atoms with Crippen LogP contribution in [0.2, 0.25) is 0 Å². The van der Waals surface area contributed by atoms with Gasteiger partial charge in [0.15, 0.2) is 0 Å². The predicted molar refractivity (Wildman–Crippen MR) is 76.3 cm³/mol. The SMILES string of the molecule is CN1C(=O)C(C)(C)Nc2c1cccc2C(C)(C)C. The molecule has 0 bridgehead atoms. The highest BCUT2D eigenvalue weighted by molar-refractivity contribution is 6.07. The molecule has 0 aliphatic carbocycles. The van der Waals surface area contributed by atoms with Crippen LogP contribution in [0.25, 0.3) is 0 Å². The lowest BCUT2D eigenvalue weighted by Gasteiger charge is -2.40. The zero-order chi connectivity index (χ0) is 13.7. The van der Waals surface area contributed by atoms with Gasteiger partial charge in [-0.25, -0.2) is 0 Å². The van der Waals surface area contributed by atoms with Crippen LogP contribution in [0.3, 0.4) is 0 Å². The largest absolute Gasteiger partial charge is 0.370 e. The van der Waals surface area contributed by atoms with Gasteiger partial charge < -0.3 is 10.2 Å². The van der Waals surface area contributed by atoms with E-state index in [-0.39, 0.29) is 11.3 Å². The maximum Gasteiger partial charge on any atom is 0.251 e. The maximum atomic E-state index is 12.2. The van der Waals surface area contributed by atoms with Gasteiger partial charge in [-0.2, -0.15) is 0 Å². The molecule has 0 spiro atoms. The van der Waals surface area contributed by atoms with Crippen molar-refractivity contribution in [2.75, 3.05) is 17.3 Å². The minimum Gasteiger partial charge on any atom is -0.370 e. The molecule has 0 saturated heterocycles. The summed E-state index contributed by atoms with van der Waals surface area (Å²) in [7, 11) is 1.84. The molecule has 0 unspecified atom stereocenters. The van der Waals surface area contributed by atoms with Gasteiger partial charge in [-0.3, -0.25) is 4.79 Å². The number of nitrogens with zero attached hydrogens (tertiary/aromatic N) is 1. The van der Waals surface area contributed by atoms with E-state index in [1.54, 1.807) is 4.90 Å². The Balaban J connectivity index is 2.65. The molecule has 1 aliphatic heterocycles. The molecule has 3 heteroatoms. The van der Waals surface area contributed by atoms with Crippen LogP contribution in [0.1, 0.15) is 40.2 Å². The van der Waals surface area contributed by atoms with Crippen LogP contribution in [0.15, 0.2) is 18.2 Å². The third-order valence-electron chi connectivity index (χ3n) is 3.49. The van der Waals surface area contributed by atoms with Crippen LogP contribution in [0.4, 0.5) is 11.4 Å². The van der Waals surface area contributed by atoms with Crippen LogP contribution in [0, 0.1) is 0 Å². The van der Waals surface area contributed by atoms with Crippen LogP contribution in [-0.2, 0) is 10.2 Å². The molecular weight excluding hydrogens is 224 g/mol. The number of hydrogen-bond donors (Lipinski definition) is 1. The summed E-state index contributed by atoms with van der Waals surface area (Å²) in [5, 5.41) is 3.40. The first-order valence-corrected chi connectivity index (χ1v) is 6.34. The van der Waals surface area contributed by atoms with Gasteiger partial charge in [-0.15, -0.1) is 0 Å². The molecule has 0 aromatic heterocycles. The topological polar surface area (TPSA) is 32.3 Å². The molecule has 0 atom stereocenters. The molecule has 2 rings (SSSR count). The van der Waals surface area contributed by atoms with E-state index >= 15 is 0 Å². The number of hydrogen-bond acceptors (Lipinski definition) is 2. The summed E-state index contributed by atoms with van der Waals surface area (Å²) in [5.74, 6) is 0.0982. The lowest BCUT2D eigenvalue weighted by molar-refractivity contribution is -0.121. The van der Waals surface area contributed by atoms with Crippen molar-refractivity contribution in [2.24, 2.45) is 0 Å². The molecular formula is C15H22N2O. The van der Waals surface area contributed by atoms with E-state index in [0.717, 1.165) is 11.4 Å². The number of nitrogens with one attached hydrogen (secondary N) is 1. The van der Waals surface area contributed by atoms with E-state index in [1.807, 2.05) is 33.0 Å². The number of carbonyl (C=O) groups is 1. The Bertz CT molecular complexity index is 498. The second-order valence-electron chi connectivity index (χ2n) is 6.56. The van der Waals surface area contributed by atoms with E-state index in [1.165, 1.54) is 5.56 Å². The average molecular weight is 246 g/mol. The minimum absolute atomic E-state index is 0.0512. The maximum absolute atomic E-state index is 12.2. The minimum atomic E-state index is -0.552. The third-order valence-corrected chi connectivity index (χ3v) is 3.49. The van der Waals surface area contributed by atoms with Gasteiger partial charge >= 0.3 is 0 Å². The van der Waals surface area contributed by atoms with Crippen molar-refractivity contribution in [3.63, 3.8) is 0 Å². The van der Waals surface area contributed by atoms with Gasteiger partial charge in [-0.1, -0.05) is 32.9 Å². The van der Waals surface area contributed by atoms with E-state index in [0.29, 0.717) is 0 Å². The Hall–Kier alpha value is -1.51. The zero-order valence-corrected chi connectivity index (χ0v) is 12.1. The summed E-state index contributed by atoms with van der Waals surface area (Å²) in [6.07, 6.45) is 0. The predicted octanol–water partition coefficient (Wildman–Crippen LogP) is 3.15. The average Bonchev–Trinajstić information content (AvgIpc) is 2.24. The van der Waals surface area contributed by atoms with Crippen molar-refractivity contribution in [1.29, 1.82) is 0 Å². The lowest BCUT2D eigenvalue weighted by Crippen LogP contribution is -2.52. The fraction of sp³-hybridized carbons (Fsp3) is 0.533.